The normalized spacial score (nSPS) is 27.6. The van der Waals surface area contributed by atoms with E-state index in [4.69, 9.17) is 5.73 Å². The van der Waals surface area contributed by atoms with Crippen LogP contribution in [-0.2, 0) is 6.54 Å². The van der Waals surface area contributed by atoms with Crippen LogP contribution >= 0.6 is 0 Å². The van der Waals surface area contributed by atoms with Gasteiger partial charge in [-0.2, -0.15) is 0 Å². The second-order valence-corrected chi connectivity index (χ2v) is 5.81. The fourth-order valence-corrected chi connectivity index (χ4v) is 3.46. The van der Waals surface area contributed by atoms with Gasteiger partial charge in [0.1, 0.15) is 5.82 Å². The maximum atomic E-state index is 13.7. The Morgan fingerprint density at radius 3 is 2.95 bits per heavy atom. The number of benzene rings is 1. The van der Waals surface area contributed by atoms with E-state index in [0.717, 1.165) is 24.3 Å². The van der Waals surface area contributed by atoms with E-state index < -0.39 is 0 Å². The highest BCUT2D eigenvalue weighted by Crippen LogP contribution is 2.29. The Morgan fingerprint density at radius 2 is 2.16 bits per heavy atom. The van der Waals surface area contributed by atoms with Gasteiger partial charge in [0.25, 0.3) is 0 Å². The molecule has 19 heavy (non-hydrogen) atoms. The molecule has 104 valence electrons. The first kappa shape index (κ1) is 12.9. The smallest absolute Gasteiger partial charge is 0.125 e. The van der Waals surface area contributed by atoms with Crippen molar-refractivity contribution in [1.29, 1.82) is 0 Å². The number of hydrogen-bond acceptors (Lipinski definition) is 3. The van der Waals surface area contributed by atoms with Crippen molar-refractivity contribution in [2.75, 3.05) is 24.5 Å². The van der Waals surface area contributed by atoms with Gasteiger partial charge in [0, 0.05) is 37.4 Å². The minimum atomic E-state index is -0.181. The maximum Gasteiger partial charge on any atom is 0.125 e. The van der Waals surface area contributed by atoms with E-state index in [1.807, 2.05) is 6.07 Å². The predicted octanol–water partition coefficient (Wildman–Crippen LogP) is 1.96. The van der Waals surface area contributed by atoms with Gasteiger partial charge in [0.05, 0.1) is 0 Å². The summed E-state index contributed by atoms with van der Waals surface area (Å²) in [5, 5.41) is 0. The van der Waals surface area contributed by atoms with Crippen molar-refractivity contribution in [1.82, 2.24) is 4.90 Å². The number of nitrogens with two attached hydrogens (primary N) is 1. The summed E-state index contributed by atoms with van der Waals surface area (Å²) in [6.45, 7) is 5.93. The SMILES string of the molecule is CC1CN2CCCC2CN1c1cc(F)cc(CN)c1. The molecule has 0 aliphatic carbocycles. The Hall–Kier alpha value is -1.13. The number of rotatable bonds is 2. The molecule has 2 fully saturated rings. The van der Waals surface area contributed by atoms with Crippen LogP contribution in [-0.4, -0.2) is 36.6 Å². The van der Waals surface area contributed by atoms with Crippen molar-refractivity contribution >= 4 is 5.69 Å². The summed E-state index contributed by atoms with van der Waals surface area (Å²) >= 11 is 0. The molecule has 2 unspecified atom stereocenters. The van der Waals surface area contributed by atoms with Crippen LogP contribution in [0.25, 0.3) is 0 Å². The topological polar surface area (TPSA) is 32.5 Å². The van der Waals surface area contributed by atoms with Crippen molar-refractivity contribution in [3.8, 4) is 0 Å². The van der Waals surface area contributed by atoms with Crippen LogP contribution in [0.2, 0.25) is 0 Å². The molecule has 3 nitrogen and oxygen atoms in total. The van der Waals surface area contributed by atoms with Gasteiger partial charge in [-0.05, 0) is 50.1 Å². The van der Waals surface area contributed by atoms with E-state index >= 15 is 0 Å². The molecule has 0 bridgehead atoms. The summed E-state index contributed by atoms with van der Waals surface area (Å²) in [5.74, 6) is -0.181. The molecule has 0 spiro atoms. The van der Waals surface area contributed by atoms with E-state index in [9.17, 15) is 4.39 Å². The summed E-state index contributed by atoms with van der Waals surface area (Å²) in [6, 6.07) is 6.27. The summed E-state index contributed by atoms with van der Waals surface area (Å²) in [7, 11) is 0. The van der Waals surface area contributed by atoms with E-state index in [0.29, 0.717) is 18.6 Å². The van der Waals surface area contributed by atoms with Crippen LogP contribution in [0.4, 0.5) is 10.1 Å². The summed E-state index contributed by atoms with van der Waals surface area (Å²) in [5.41, 5.74) is 7.50. The Balaban J connectivity index is 1.86. The molecule has 1 aromatic rings. The third-order valence-electron chi connectivity index (χ3n) is 4.45. The Morgan fingerprint density at radius 1 is 1.32 bits per heavy atom. The van der Waals surface area contributed by atoms with Gasteiger partial charge in [-0.15, -0.1) is 0 Å². The lowest BCUT2D eigenvalue weighted by Gasteiger charge is -2.43. The number of halogens is 1. The molecule has 2 N–H and O–H groups in total. The molecular formula is C15H22FN3. The number of piperazine rings is 1. The first-order chi connectivity index (χ1) is 9.17. The lowest BCUT2D eigenvalue weighted by Crippen LogP contribution is -2.55. The summed E-state index contributed by atoms with van der Waals surface area (Å²) < 4.78 is 13.7. The molecule has 0 radical (unpaired) electrons. The monoisotopic (exact) mass is 263 g/mol. The van der Waals surface area contributed by atoms with E-state index in [2.05, 4.69) is 16.7 Å². The third kappa shape index (κ3) is 2.47. The number of fused-ring (bicyclic) bond motifs is 1. The van der Waals surface area contributed by atoms with Gasteiger partial charge < -0.3 is 10.6 Å². The highest BCUT2D eigenvalue weighted by molar-refractivity contribution is 5.51. The molecule has 3 rings (SSSR count). The molecular weight excluding hydrogens is 241 g/mol. The van der Waals surface area contributed by atoms with Crippen LogP contribution in [0.15, 0.2) is 18.2 Å². The van der Waals surface area contributed by atoms with Gasteiger partial charge in [-0.25, -0.2) is 4.39 Å². The molecule has 4 heteroatoms. The van der Waals surface area contributed by atoms with Crippen molar-refractivity contribution in [2.45, 2.75) is 38.4 Å². The van der Waals surface area contributed by atoms with Crippen molar-refractivity contribution in [3.05, 3.63) is 29.6 Å². The lowest BCUT2D eigenvalue weighted by atomic mass is 10.1. The van der Waals surface area contributed by atoms with E-state index in [-0.39, 0.29) is 5.82 Å². The quantitative estimate of drug-likeness (QED) is 0.885. The molecule has 2 aliphatic rings. The predicted molar refractivity (Wildman–Crippen MR) is 75.7 cm³/mol. The van der Waals surface area contributed by atoms with Gasteiger partial charge in [0.15, 0.2) is 0 Å². The number of anilines is 1. The highest BCUT2D eigenvalue weighted by atomic mass is 19.1. The molecule has 0 amide bonds. The Labute approximate surface area is 114 Å². The second-order valence-electron chi connectivity index (χ2n) is 5.81. The zero-order valence-corrected chi connectivity index (χ0v) is 11.5. The first-order valence-corrected chi connectivity index (χ1v) is 7.17. The van der Waals surface area contributed by atoms with E-state index in [1.165, 1.54) is 25.5 Å². The van der Waals surface area contributed by atoms with Crippen molar-refractivity contribution in [2.24, 2.45) is 5.73 Å². The van der Waals surface area contributed by atoms with E-state index in [1.54, 1.807) is 6.07 Å². The van der Waals surface area contributed by atoms with Gasteiger partial charge in [-0.1, -0.05) is 0 Å². The minimum absolute atomic E-state index is 0.181. The maximum absolute atomic E-state index is 13.7. The number of nitrogens with zero attached hydrogens (tertiary/aromatic N) is 2. The Kier molecular flexibility index (Phi) is 3.46. The molecule has 2 saturated heterocycles. The molecule has 2 aliphatic heterocycles. The van der Waals surface area contributed by atoms with Crippen LogP contribution in [0, 0.1) is 5.82 Å². The second kappa shape index (κ2) is 5.10. The molecule has 0 aromatic heterocycles. The average molecular weight is 263 g/mol. The standard InChI is InChI=1S/C15H22FN3/c1-11-9-18-4-2-3-14(18)10-19(11)15-6-12(8-17)5-13(16)7-15/h5-7,11,14H,2-4,8-10,17H2,1H3. The van der Waals surface area contributed by atoms with Crippen LogP contribution < -0.4 is 10.6 Å². The third-order valence-corrected chi connectivity index (χ3v) is 4.45. The molecule has 0 saturated carbocycles. The minimum Gasteiger partial charge on any atom is -0.366 e. The Bertz CT molecular complexity index is 463. The van der Waals surface area contributed by atoms with Crippen molar-refractivity contribution < 1.29 is 4.39 Å². The molecule has 1 aromatic carbocycles. The molecule has 2 heterocycles. The largest absolute Gasteiger partial charge is 0.366 e. The van der Waals surface area contributed by atoms with Gasteiger partial charge >= 0.3 is 0 Å². The first-order valence-electron chi connectivity index (χ1n) is 7.17. The zero-order chi connectivity index (χ0) is 13.4. The van der Waals surface area contributed by atoms with Gasteiger partial charge in [-0.3, -0.25) is 4.90 Å². The van der Waals surface area contributed by atoms with Gasteiger partial charge in [0.2, 0.25) is 0 Å². The zero-order valence-electron chi connectivity index (χ0n) is 11.5. The van der Waals surface area contributed by atoms with Crippen LogP contribution in [0.5, 0.6) is 0 Å². The summed E-state index contributed by atoms with van der Waals surface area (Å²) in [4.78, 5) is 4.92. The fraction of sp³-hybridized carbons (Fsp3) is 0.600. The summed E-state index contributed by atoms with van der Waals surface area (Å²) in [6.07, 6.45) is 2.56. The van der Waals surface area contributed by atoms with Crippen molar-refractivity contribution in [3.63, 3.8) is 0 Å². The van der Waals surface area contributed by atoms with Crippen LogP contribution in [0.1, 0.15) is 25.3 Å². The lowest BCUT2D eigenvalue weighted by molar-refractivity contribution is 0.203. The fourth-order valence-electron chi connectivity index (χ4n) is 3.46. The highest BCUT2D eigenvalue weighted by Gasteiger charge is 2.34. The van der Waals surface area contributed by atoms with Crippen LogP contribution in [0.3, 0.4) is 0 Å². The molecule has 2 atom stereocenters. The average Bonchev–Trinajstić information content (AvgIpc) is 2.84. The number of hydrogen-bond donors (Lipinski definition) is 1.